The molecule has 1 aromatic rings. The number of ether oxygens (including phenoxy) is 2. The molecule has 0 aromatic heterocycles. The molecule has 0 N–H and O–H groups in total. The molecule has 0 aliphatic heterocycles. The van der Waals surface area contributed by atoms with Crippen LogP contribution in [0.25, 0.3) is 0 Å². The number of esters is 1. The van der Waals surface area contributed by atoms with Crippen LogP contribution < -0.4 is 0 Å². The number of carbonyl (C=O) groups excluding carboxylic acids is 2. The quantitative estimate of drug-likeness (QED) is 0.612. The number of hydrogen-bond acceptors (Lipinski definition) is 4. The lowest BCUT2D eigenvalue weighted by molar-refractivity contribution is -0.151. The summed E-state index contributed by atoms with van der Waals surface area (Å²) in [4.78, 5) is 25.1. The van der Waals surface area contributed by atoms with Gasteiger partial charge in [-0.1, -0.05) is 37.3 Å². The van der Waals surface area contributed by atoms with Gasteiger partial charge in [0.1, 0.15) is 5.60 Å². The van der Waals surface area contributed by atoms with Crippen LogP contribution in [0.4, 0.5) is 13.6 Å². The van der Waals surface area contributed by atoms with Gasteiger partial charge >= 0.3 is 12.1 Å². The summed E-state index contributed by atoms with van der Waals surface area (Å²) in [6.07, 6.45) is -1.53. The summed E-state index contributed by atoms with van der Waals surface area (Å²) in [6.45, 7) is 7.30. The summed E-state index contributed by atoms with van der Waals surface area (Å²) in [7, 11) is 0. The van der Waals surface area contributed by atoms with Gasteiger partial charge in [0, 0.05) is 13.0 Å². The zero-order valence-electron chi connectivity index (χ0n) is 16.6. The van der Waals surface area contributed by atoms with Gasteiger partial charge < -0.3 is 9.47 Å². The Bertz CT molecular complexity index is 614. The Kier molecular flexibility index (Phi) is 8.19. The van der Waals surface area contributed by atoms with Crippen molar-refractivity contribution in [2.24, 2.45) is 5.92 Å². The van der Waals surface area contributed by atoms with Crippen molar-refractivity contribution in [1.29, 1.82) is 0 Å². The number of carbonyl (C=O) groups is 2. The molecule has 0 saturated carbocycles. The van der Waals surface area contributed by atoms with E-state index in [4.69, 9.17) is 9.47 Å². The molecule has 0 bridgehead atoms. The molecular formula is C20H29F2NO4. The predicted octanol–water partition coefficient (Wildman–Crippen LogP) is 4.65. The summed E-state index contributed by atoms with van der Waals surface area (Å²) in [6, 6.07) is 8.83. The van der Waals surface area contributed by atoms with Crippen LogP contribution in [-0.2, 0) is 20.8 Å². The van der Waals surface area contributed by atoms with E-state index < -0.39 is 42.5 Å². The van der Waals surface area contributed by atoms with E-state index >= 15 is 0 Å². The fraction of sp³-hybridized carbons (Fsp3) is 0.600. The Morgan fingerprint density at radius 3 is 2.26 bits per heavy atom. The lowest BCUT2D eigenvalue weighted by Crippen LogP contribution is -2.44. The number of alkyl halides is 2. The van der Waals surface area contributed by atoms with Crippen LogP contribution in [0.3, 0.4) is 0 Å². The van der Waals surface area contributed by atoms with Crippen LogP contribution >= 0.6 is 0 Å². The SMILES string of the molecule is CCOC(=O)[C@@H](C)CC(F)(F)CN(Cc1ccccc1)C(=O)OC(C)(C)C. The number of amides is 1. The molecule has 1 amide bonds. The van der Waals surface area contributed by atoms with Crippen molar-refractivity contribution in [3.63, 3.8) is 0 Å². The van der Waals surface area contributed by atoms with E-state index in [1.807, 2.05) is 0 Å². The first kappa shape index (κ1) is 22.9. The number of halogens is 2. The van der Waals surface area contributed by atoms with Gasteiger partial charge in [-0.15, -0.1) is 0 Å². The maximum Gasteiger partial charge on any atom is 0.410 e. The number of benzene rings is 1. The second-order valence-corrected chi connectivity index (χ2v) is 7.54. The second kappa shape index (κ2) is 9.67. The molecule has 0 fully saturated rings. The van der Waals surface area contributed by atoms with E-state index in [1.165, 1.54) is 6.92 Å². The third kappa shape index (κ3) is 8.84. The highest BCUT2D eigenvalue weighted by molar-refractivity contribution is 5.72. The summed E-state index contributed by atoms with van der Waals surface area (Å²) < 4.78 is 39.2. The summed E-state index contributed by atoms with van der Waals surface area (Å²) >= 11 is 0. The summed E-state index contributed by atoms with van der Waals surface area (Å²) in [5.74, 6) is -4.92. The first-order valence-corrected chi connectivity index (χ1v) is 9.00. The van der Waals surface area contributed by atoms with Crippen molar-refractivity contribution in [1.82, 2.24) is 4.90 Å². The van der Waals surface area contributed by atoms with Gasteiger partial charge in [0.25, 0.3) is 5.92 Å². The average Bonchev–Trinajstić information content (AvgIpc) is 2.53. The van der Waals surface area contributed by atoms with E-state index in [2.05, 4.69) is 0 Å². The molecule has 1 rings (SSSR count). The minimum atomic E-state index is -3.27. The van der Waals surface area contributed by atoms with Crippen molar-refractivity contribution >= 4 is 12.1 Å². The van der Waals surface area contributed by atoms with E-state index in [0.29, 0.717) is 5.56 Å². The molecule has 0 saturated heterocycles. The molecule has 0 heterocycles. The van der Waals surface area contributed by atoms with E-state index in [9.17, 15) is 18.4 Å². The smallest absolute Gasteiger partial charge is 0.410 e. The Labute approximate surface area is 159 Å². The van der Waals surface area contributed by atoms with Crippen molar-refractivity contribution in [2.75, 3.05) is 13.2 Å². The van der Waals surface area contributed by atoms with Gasteiger partial charge in [0.05, 0.1) is 19.1 Å². The molecule has 5 nitrogen and oxygen atoms in total. The molecule has 27 heavy (non-hydrogen) atoms. The number of nitrogens with zero attached hydrogens (tertiary/aromatic N) is 1. The van der Waals surface area contributed by atoms with E-state index in [1.54, 1.807) is 58.0 Å². The van der Waals surface area contributed by atoms with Crippen LogP contribution in [0.5, 0.6) is 0 Å². The highest BCUT2D eigenvalue weighted by Crippen LogP contribution is 2.27. The average molecular weight is 385 g/mol. The lowest BCUT2D eigenvalue weighted by Gasteiger charge is -2.31. The number of hydrogen-bond donors (Lipinski definition) is 0. The first-order chi connectivity index (χ1) is 12.4. The fourth-order valence-electron chi connectivity index (χ4n) is 2.47. The van der Waals surface area contributed by atoms with Crippen LogP contribution in [0.15, 0.2) is 30.3 Å². The zero-order chi connectivity index (χ0) is 20.7. The maximum atomic E-state index is 14.6. The third-order valence-corrected chi connectivity index (χ3v) is 3.58. The molecule has 1 atom stereocenters. The van der Waals surface area contributed by atoms with E-state index in [-0.39, 0.29) is 13.2 Å². The third-order valence-electron chi connectivity index (χ3n) is 3.58. The summed E-state index contributed by atoms with van der Waals surface area (Å²) in [5.41, 5.74) is -0.0999. The standard InChI is InChI=1S/C20H29F2NO4/c1-6-26-17(24)15(2)12-20(21,22)14-23(18(25)27-19(3,4)5)13-16-10-8-7-9-11-16/h7-11,15H,6,12-14H2,1-5H3/t15-/m0/s1. The fourth-order valence-corrected chi connectivity index (χ4v) is 2.47. The Hall–Kier alpha value is -2.18. The van der Waals surface area contributed by atoms with Crippen LogP contribution in [0.1, 0.15) is 46.6 Å². The molecule has 0 aliphatic carbocycles. The lowest BCUT2D eigenvalue weighted by atomic mass is 10.0. The molecule has 152 valence electrons. The number of rotatable bonds is 8. The highest BCUT2D eigenvalue weighted by atomic mass is 19.3. The van der Waals surface area contributed by atoms with Gasteiger partial charge in [-0.05, 0) is 33.3 Å². The molecule has 1 aromatic carbocycles. The Balaban J connectivity index is 2.90. The van der Waals surface area contributed by atoms with Crippen LogP contribution in [0.2, 0.25) is 0 Å². The molecule has 0 aliphatic rings. The normalized spacial score (nSPS) is 13.0. The predicted molar refractivity (Wildman–Crippen MR) is 98.4 cm³/mol. The molecule has 0 unspecified atom stereocenters. The van der Waals surface area contributed by atoms with Crippen molar-refractivity contribution < 1.29 is 27.8 Å². The second-order valence-electron chi connectivity index (χ2n) is 7.54. The van der Waals surface area contributed by atoms with Gasteiger partial charge in [-0.2, -0.15) is 0 Å². The van der Waals surface area contributed by atoms with Gasteiger partial charge in [-0.25, -0.2) is 13.6 Å². The van der Waals surface area contributed by atoms with Gasteiger partial charge in [0.2, 0.25) is 0 Å². The highest BCUT2D eigenvalue weighted by Gasteiger charge is 2.38. The molecule has 0 radical (unpaired) electrons. The molecule has 0 spiro atoms. The zero-order valence-corrected chi connectivity index (χ0v) is 16.6. The van der Waals surface area contributed by atoms with E-state index in [0.717, 1.165) is 4.90 Å². The largest absolute Gasteiger partial charge is 0.466 e. The van der Waals surface area contributed by atoms with Gasteiger partial charge in [-0.3, -0.25) is 9.69 Å². The van der Waals surface area contributed by atoms with Crippen molar-refractivity contribution in [3.8, 4) is 0 Å². The van der Waals surface area contributed by atoms with Crippen LogP contribution in [0, 0.1) is 5.92 Å². The topological polar surface area (TPSA) is 55.8 Å². The Morgan fingerprint density at radius 1 is 1.15 bits per heavy atom. The minimum Gasteiger partial charge on any atom is -0.466 e. The Morgan fingerprint density at radius 2 is 1.74 bits per heavy atom. The minimum absolute atomic E-state index is 0.0148. The first-order valence-electron chi connectivity index (χ1n) is 9.00. The van der Waals surface area contributed by atoms with Crippen molar-refractivity contribution in [3.05, 3.63) is 35.9 Å². The molecular weight excluding hydrogens is 356 g/mol. The summed E-state index contributed by atoms with van der Waals surface area (Å²) in [5, 5.41) is 0. The van der Waals surface area contributed by atoms with Crippen molar-refractivity contribution in [2.45, 2.75) is 59.1 Å². The molecule has 7 heteroatoms. The van der Waals surface area contributed by atoms with Gasteiger partial charge in [0.15, 0.2) is 0 Å². The van der Waals surface area contributed by atoms with Crippen LogP contribution in [-0.4, -0.2) is 41.6 Å². The monoisotopic (exact) mass is 385 g/mol. The maximum absolute atomic E-state index is 14.6.